The third-order valence-corrected chi connectivity index (χ3v) is 2.04. The summed E-state index contributed by atoms with van der Waals surface area (Å²) in [6, 6.07) is 0.609. The van der Waals surface area contributed by atoms with Gasteiger partial charge in [0, 0.05) is 12.6 Å². The van der Waals surface area contributed by atoms with Crippen molar-refractivity contribution >= 4 is 17.7 Å². The van der Waals surface area contributed by atoms with Gasteiger partial charge in [-0.3, -0.25) is 0 Å². The van der Waals surface area contributed by atoms with Crippen LogP contribution in [-0.4, -0.2) is 23.0 Å². The maximum absolute atomic E-state index is 4.88. The molecule has 0 N–H and O–H groups in total. The molecule has 0 aliphatic rings. The van der Waals surface area contributed by atoms with Crippen LogP contribution in [0.2, 0.25) is 0 Å². The molecule has 0 saturated carbocycles. The van der Waals surface area contributed by atoms with E-state index in [2.05, 4.69) is 25.7 Å². The van der Waals surface area contributed by atoms with Crippen LogP contribution in [0.1, 0.15) is 33.6 Å². The summed E-state index contributed by atoms with van der Waals surface area (Å²) in [4.78, 5) is 2.22. The van der Waals surface area contributed by atoms with Gasteiger partial charge < -0.3 is 4.90 Å². The van der Waals surface area contributed by atoms with E-state index < -0.39 is 0 Å². The Morgan fingerprint density at radius 1 is 1.50 bits per heavy atom. The van der Waals surface area contributed by atoms with Gasteiger partial charge in [-0.25, -0.2) is 0 Å². The highest BCUT2D eigenvalue weighted by molar-refractivity contribution is 7.78. The molecule has 0 fully saturated rings. The highest BCUT2D eigenvalue weighted by Crippen LogP contribution is 2.01. The summed E-state index contributed by atoms with van der Waals surface area (Å²) in [5.74, 6) is 0. The van der Waals surface area contributed by atoms with E-state index in [1.807, 2.05) is 0 Å². The van der Waals surface area contributed by atoms with Crippen LogP contribution < -0.4 is 0 Å². The van der Waals surface area contributed by atoms with E-state index in [0.29, 0.717) is 6.04 Å². The lowest BCUT2D eigenvalue weighted by Gasteiger charge is -2.24. The van der Waals surface area contributed by atoms with Crippen molar-refractivity contribution in [2.75, 3.05) is 6.54 Å². The summed E-state index contributed by atoms with van der Waals surface area (Å²) >= 11 is 4.88. The molecule has 0 aromatic rings. The summed E-state index contributed by atoms with van der Waals surface area (Å²) in [7, 11) is 0. The van der Waals surface area contributed by atoms with Gasteiger partial charge in [-0.1, -0.05) is 26.1 Å². The fourth-order valence-electron chi connectivity index (χ4n) is 0.870. The van der Waals surface area contributed by atoms with Gasteiger partial charge in [0.25, 0.3) is 0 Å². The van der Waals surface area contributed by atoms with Crippen molar-refractivity contribution < 1.29 is 0 Å². The third kappa shape index (κ3) is 3.16. The monoisotopic (exact) mass is 159 g/mol. The molecule has 0 saturated heterocycles. The molecule has 0 aromatic carbocycles. The van der Waals surface area contributed by atoms with Crippen molar-refractivity contribution in [3.8, 4) is 0 Å². The van der Waals surface area contributed by atoms with E-state index in [4.69, 9.17) is 12.2 Å². The molecule has 1 atom stereocenters. The molecule has 0 aliphatic heterocycles. The van der Waals surface area contributed by atoms with Gasteiger partial charge in [0.05, 0.1) is 5.49 Å². The zero-order chi connectivity index (χ0) is 7.98. The van der Waals surface area contributed by atoms with Crippen molar-refractivity contribution in [1.29, 1.82) is 0 Å². The summed E-state index contributed by atoms with van der Waals surface area (Å²) in [5, 5.41) is 0. The summed E-state index contributed by atoms with van der Waals surface area (Å²) in [6.45, 7) is 7.66. The lowest BCUT2D eigenvalue weighted by atomic mass is 10.2. The fraction of sp³-hybridized carbons (Fsp3) is 0.875. The third-order valence-electron chi connectivity index (χ3n) is 1.77. The van der Waals surface area contributed by atoms with Gasteiger partial charge in [0.2, 0.25) is 0 Å². The molecular weight excluding hydrogens is 142 g/mol. The number of rotatable bonds is 5. The Labute approximate surface area is 69.4 Å². The minimum absolute atomic E-state index is 0.609. The van der Waals surface area contributed by atoms with Crippen molar-refractivity contribution in [2.45, 2.75) is 39.7 Å². The van der Waals surface area contributed by atoms with Crippen LogP contribution >= 0.6 is 12.2 Å². The molecule has 2 heteroatoms. The largest absolute Gasteiger partial charge is 0.366 e. The Balaban J connectivity index is 3.67. The lowest BCUT2D eigenvalue weighted by Crippen LogP contribution is -2.31. The van der Waals surface area contributed by atoms with Crippen LogP contribution in [-0.2, 0) is 0 Å². The normalized spacial score (nSPS) is 12.7. The molecule has 60 valence electrons. The van der Waals surface area contributed by atoms with Crippen LogP contribution in [0.3, 0.4) is 0 Å². The van der Waals surface area contributed by atoms with Gasteiger partial charge in [-0.2, -0.15) is 0 Å². The maximum atomic E-state index is 4.88. The first kappa shape index (κ1) is 9.89. The average Bonchev–Trinajstić information content (AvgIpc) is 1.99. The van der Waals surface area contributed by atoms with Crippen LogP contribution in [0.15, 0.2) is 0 Å². The Morgan fingerprint density at radius 2 is 2.10 bits per heavy atom. The Bertz CT molecular complexity index is 93.3. The highest BCUT2D eigenvalue weighted by atomic mass is 32.1. The van der Waals surface area contributed by atoms with Crippen LogP contribution in [0.4, 0.5) is 0 Å². The number of hydrogen-bond donors (Lipinski definition) is 0. The summed E-state index contributed by atoms with van der Waals surface area (Å²) in [5.41, 5.74) is 1.78. The van der Waals surface area contributed by atoms with Crippen LogP contribution in [0.25, 0.3) is 0 Å². The van der Waals surface area contributed by atoms with Crippen molar-refractivity contribution in [3.63, 3.8) is 0 Å². The van der Waals surface area contributed by atoms with Gasteiger partial charge in [0.15, 0.2) is 0 Å². The molecule has 0 aromatic heterocycles. The molecule has 0 heterocycles. The van der Waals surface area contributed by atoms with Crippen molar-refractivity contribution in [2.24, 2.45) is 0 Å². The summed E-state index contributed by atoms with van der Waals surface area (Å²) < 4.78 is 0. The SMILES string of the molecule is CCCN(C=S)C(C)CC. The lowest BCUT2D eigenvalue weighted by molar-refractivity contribution is 0.336. The number of thiocarbonyl (C=S) groups is 1. The van der Waals surface area contributed by atoms with Gasteiger partial charge in [0.1, 0.15) is 0 Å². The smallest absolute Gasteiger partial charge is 0.0643 e. The molecule has 0 bridgehead atoms. The van der Waals surface area contributed by atoms with Crippen molar-refractivity contribution in [3.05, 3.63) is 0 Å². The molecule has 0 rings (SSSR count). The first-order chi connectivity index (χ1) is 4.76. The highest BCUT2D eigenvalue weighted by Gasteiger charge is 2.04. The van der Waals surface area contributed by atoms with E-state index in [0.717, 1.165) is 6.54 Å². The topological polar surface area (TPSA) is 3.24 Å². The van der Waals surface area contributed by atoms with Crippen LogP contribution in [0.5, 0.6) is 0 Å². The van der Waals surface area contributed by atoms with E-state index in [-0.39, 0.29) is 0 Å². The second kappa shape index (κ2) is 5.66. The van der Waals surface area contributed by atoms with Crippen LogP contribution in [0, 0.1) is 0 Å². The zero-order valence-electron chi connectivity index (χ0n) is 7.13. The molecule has 0 amide bonds. The predicted molar refractivity (Wildman–Crippen MR) is 50.4 cm³/mol. The zero-order valence-corrected chi connectivity index (χ0v) is 7.95. The number of nitrogens with zero attached hydrogens (tertiary/aromatic N) is 1. The quantitative estimate of drug-likeness (QED) is 0.567. The maximum Gasteiger partial charge on any atom is 0.0643 e. The van der Waals surface area contributed by atoms with E-state index >= 15 is 0 Å². The predicted octanol–water partition coefficient (Wildman–Crippen LogP) is 2.45. The Morgan fingerprint density at radius 3 is 2.40 bits per heavy atom. The van der Waals surface area contributed by atoms with E-state index in [1.165, 1.54) is 12.8 Å². The number of hydrogen-bond acceptors (Lipinski definition) is 1. The Kier molecular flexibility index (Phi) is 5.60. The second-order valence-corrected chi connectivity index (χ2v) is 2.81. The fourth-order valence-corrected chi connectivity index (χ4v) is 1.18. The summed E-state index contributed by atoms with van der Waals surface area (Å²) in [6.07, 6.45) is 2.35. The standard InChI is InChI=1S/C8H17NS/c1-4-6-9(7-10)8(3)5-2/h7-8H,4-6H2,1-3H3. The second-order valence-electron chi connectivity index (χ2n) is 2.60. The van der Waals surface area contributed by atoms with Crippen molar-refractivity contribution in [1.82, 2.24) is 4.90 Å². The van der Waals surface area contributed by atoms with Gasteiger partial charge in [-0.15, -0.1) is 0 Å². The minimum Gasteiger partial charge on any atom is -0.366 e. The molecule has 0 aliphatic carbocycles. The van der Waals surface area contributed by atoms with E-state index in [9.17, 15) is 0 Å². The molecule has 10 heavy (non-hydrogen) atoms. The van der Waals surface area contributed by atoms with E-state index in [1.54, 1.807) is 5.49 Å². The minimum atomic E-state index is 0.609. The first-order valence-electron chi connectivity index (χ1n) is 3.97. The molecular formula is C8H17NS. The van der Waals surface area contributed by atoms with Gasteiger partial charge >= 0.3 is 0 Å². The molecule has 0 radical (unpaired) electrons. The average molecular weight is 159 g/mol. The molecule has 1 nitrogen and oxygen atoms in total. The first-order valence-corrected chi connectivity index (χ1v) is 4.44. The molecule has 0 spiro atoms. The Hall–Kier alpha value is -0.110. The molecule has 1 unspecified atom stereocenters. The van der Waals surface area contributed by atoms with Gasteiger partial charge in [-0.05, 0) is 19.8 Å².